The maximum Gasteiger partial charge on any atom is 0.262 e. The SMILES string of the molecule is Cc1nc2c(c(CO)nn2[C@@H](c2ccc(C(C)(C)C)cc2)C(C)C)c(=O)[nH]1. The van der Waals surface area contributed by atoms with E-state index in [-0.39, 0.29) is 29.5 Å². The number of hydrogen-bond acceptors (Lipinski definition) is 4. The summed E-state index contributed by atoms with van der Waals surface area (Å²) >= 11 is 0. The highest BCUT2D eigenvalue weighted by atomic mass is 16.3. The molecule has 2 heterocycles. The number of nitrogens with one attached hydrogen (secondary N) is 1. The van der Waals surface area contributed by atoms with Crippen molar-refractivity contribution in [2.24, 2.45) is 5.92 Å². The first kappa shape index (κ1) is 19.3. The predicted octanol–water partition coefficient (Wildman–Crippen LogP) is 3.46. The highest BCUT2D eigenvalue weighted by molar-refractivity contribution is 5.77. The fraction of sp³-hybridized carbons (Fsp3) is 0.476. The average molecular weight is 368 g/mol. The van der Waals surface area contributed by atoms with E-state index in [4.69, 9.17) is 0 Å². The number of nitrogens with zero attached hydrogens (tertiary/aromatic N) is 3. The Labute approximate surface area is 159 Å². The van der Waals surface area contributed by atoms with Gasteiger partial charge in [-0.05, 0) is 29.4 Å². The molecule has 0 saturated carbocycles. The smallest absolute Gasteiger partial charge is 0.262 e. The molecule has 0 aliphatic heterocycles. The molecule has 2 aromatic heterocycles. The number of aliphatic hydroxyl groups excluding tert-OH is 1. The van der Waals surface area contributed by atoms with Crippen LogP contribution in [-0.2, 0) is 12.0 Å². The molecule has 3 rings (SSSR count). The van der Waals surface area contributed by atoms with Gasteiger partial charge in [-0.3, -0.25) is 4.79 Å². The first-order valence-corrected chi connectivity index (χ1v) is 9.32. The van der Waals surface area contributed by atoms with Crippen LogP contribution >= 0.6 is 0 Å². The molecule has 6 nitrogen and oxygen atoms in total. The Hall–Kier alpha value is -2.47. The molecule has 27 heavy (non-hydrogen) atoms. The van der Waals surface area contributed by atoms with E-state index in [1.54, 1.807) is 11.6 Å². The molecule has 1 atom stereocenters. The van der Waals surface area contributed by atoms with Gasteiger partial charge >= 0.3 is 0 Å². The summed E-state index contributed by atoms with van der Waals surface area (Å²) < 4.78 is 1.79. The van der Waals surface area contributed by atoms with E-state index in [0.29, 0.717) is 22.6 Å². The first-order valence-electron chi connectivity index (χ1n) is 9.32. The molecule has 6 heteroatoms. The Bertz CT molecular complexity index is 1010. The number of aromatic amines is 1. The molecule has 0 amide bonds. The van der Waals surface area contributed by atoms with Gasteiger partial charge in [-0.2, -0.15) is 5.10 Å². The summed E-state index contributed by atoms with van der Waals surface area (Å²) in [4.78, 5) is 19.6. The molecule has 0 bridgehead atoms. The molecule has 0 spiro atoms. The first-order chi connectivity index (χ1) is 12.6. The van der Waals surface area contributed by atoms with Crippen LogP contribution in [-0.4, -0.2) is 24.9 Å². The molecule has 0 radical (unpaired) electrons. The summed E-state index contributed by atoms with van der Waals surface area (Å²) in [7, 11) is 0. The number of H-pyrrole nitrogens is 1. The number of benzene rings is 1. The maximum absolute atomic E-state index is 12.4. The van der Waals surface area contributed by atoms with E-state index in [1.165, 1.54) is 5.56 Å². The molecule has 0 saturated heterocycles. The van der Waals surface area contributed by atoms with E-state index in [9.17, 15) is 9.90 Å². The third-order valence-corrected chi connectivity index (χ3v) is 4.92. The van der Waals surface area contributed by atoms with Gasteiger partial charge in [0, 0.05) is 0 Å². The Morgan fingerprint density at radius 1 is 1.19 bits per heavy atom. The van der Waals surface area contributed by atoms with Crippen molar-refractivity contribution in [3.05, 3.63) is 57.3 Å². The Morgan fingerprint density at radius 2 is 1.81 bits per heavy atom. The molecule has 0 aliphatic rings. The van der Waals surface area contributed by atoms with Gasteiger partial charge in [-0.1, -0.05) is 58.9 Å². The molecule has 0 aliphatic carbocycles. The van der Waals surface area contributed by atoms with Crippen LogP contribution in [0.15, 0.2) is 29.1 Å². The van der Waals surface area contributed by atoms with Crippen molar-refractivity contribution in [2.75, 3.05) is 0 Å². The van der Waals surface area contributed by atoms with Crippen molar-refractivity contribution >= 4 is 11.0 Å². The zero-order valence-corrected chi connectivity index (χ0v) is 16.9. The minimum Gasteiger partial charge on any atom is -0.390 e. The Morgan fingerprint density at radius 3 is 2.33 bits per heavy atom. The molecule has 0 unspecified atom stereocenters. The third-order valence-electron chi connectivity index (χ3n) is 4.92. The van der Waals surface area contributed by atoms with Crippen molar-refractivity contribution in [2.45, 2.75) is 59.6 Å². The fourth-order valence-corrected chi connectivity index (χ4v) is 3.52. The second-order valence-corrected chi connectivity index (χ2v) is 8.46. The van der Waals surface area contributed by atoms with Gasteiger partial charge in [0.2, 0.25) is 0 Å². The van der Waals surface area contributed by atoms with Crippen LogP contribution in [0.3, 0.4) is 0 Å². The van der Waals surface area contributed by atoms with E-state index in [2.05, 4.69) is 74.0 Å². The molecule has 2 N–H and O–H groups in total. The van der Waals surface area contributed by atoms with Crippen LogP contribution in [0.4, 0.5) is 0 Å². The highest BCUT2D eigenvalue weighted by Crippen LogP contribution is 2.31. The van der Waals surface area contributed by atoms with Crippen LogP contribution < -0.4 is 5.56 Å². The molecule has 1 aromatic carbocycles. The van der Waals surface area contributed by atoms with Crippen LogP contribution in [0.2, 0.25) is 0 Å². The van der Waals surface area contributed by atoms with Gasteiger partial charge in [-0.15, -0.1) is 0 Å². The second kappa shape index (κ2) is 6.93. The van der Waals surface area contributed by atoms with Crippen molar-refractivity contribution in [3.8, 4) is 0 Å². The van der Waals surface area contributed by atoms with E-state index < -0.39 is 0 Å². The standard InChI is InChI=1S/C21H28N4O2/c1-12(2)18(14-7-9-15(10-8-14)21(4,5)6)25-19-17(16(11-26)24-25)20(27)23-13(3)22-19/h7-10,12,18,26H,11H2,1-6H3,(H,22,23,27)/t18-/m1/s1. The number of rotatable bonds is 4. The van der Waals surface area contributed by atoms with Gasteiger partial charge in [-0.25, -0.2) is 9.67 Å². The van der Waals surface area contributed by atoms with Crippen molar-refractivity contribution < 1.29 is 5.11 Å². The van der Waals surface area contributed by atoms with Crippen LogP contribution in [0, 0.1) is 12.8 Å². The summed E-state index contributed by atoms with van der Waals surface area (Å²) in [5, 5.41) is 14.6. The Kier molecular flexibility index (Phi) is 4.95. The largest absolute Gasteiger partial charge is 0.390 e. The van der Waals surface area contributed by atoms with E-state index in [0.717, 1.165) is 5.56 Å². The second-order valence-electron chi connectivity index (χ2n) is 8.46. The average Bonchev–Trinajstić information content (AvgIpc) is 2.93. The van der Waals surface area contributed by atoms with Gasteiger partial charge in [0.1, 0.15) is 16.9 Å². The number of fused-ring (bicyclic) bond motifs is 1. The third kappa shape index (κ3) is 3.54. The van der Waals surface area contributed by atoms with Crippen LogP contribution in [0.5, 0.6) is 0 Å². The minimum absolute atomic E-state index is 0.0836. The molecular weight excluding hydrogens is 340 g/mol. The zero-order valence-electron chi connectivity index (χ0n) is 16.9. The number of aromatic nitrogens is 4. The van der Waals surface area contributed by atoms with Crippen LogP contribution in [0.1, 0.15) is 63.3 Å². The van der Waals surface area contributed by atoms with Crippen LogP contribution in [0.25, 0.3) is 11.0 Å². The van der Waals surface area contributed by atoms with Crippen molar-refractivity contribution in [3.63, 3.8) is 0 Å². The summed E-state index contributed by atoms with van der Waals surface area (Å²) in [5.74, 6) is 0.755. The normalized spacial score (nSPS) is 13.5. The van der Waals surface area contributed by atoms with E-state index >= 15 is 0 Å². The number of hydrogen-bond donors (Lipinski definition) is 2. The van der Waals surface area contributed by atoms with Gasteiger partial charge in [0.15, 0.2) is 5.65 Å². The Balaban J connectivity index is 2.21. The lowest BCUT2D eigenvalue weighted by molar-refractivity contribution is 0.274. The lowest BCUT2D eigenvalue weighted by atomic mass is 9.85. The summed E-state index contributed by atoms with van der Waals surface area (Å²) in [5.41, 5.74) is 3.06. The maximum atomic E-state index is 12.4. The van der Waals surface area contributed by atoms with Gasteiger partial charge in [0.25, 0.3) is 5.56 Å². The zero-order chi connectivity index (χ0) is 19.9. The lowest BCUT2D eigenvalue weighted by Crippen LogP contribution is -2.20. The number of aliphatic hydroxyl groups is 1. The quantitative estimate of drug-likeness (QED) is 0.739. The molecule has 0 fully saturated rings. The fourth-order valence-electron chi connectivity index (χ4n) is 3.52. The van der Waals surface area contributed by atoms with E-state index in [1.807, 2.05) is 0 Å². The minimum atomic E-state index is -0.300. The predicted molar refractivity (Wildman–Crippen MR) is 107 cm³/mol. The van der Waals surface area contributed by atoms with Crippen molar-refractivity contribution in [1.82, 2.24) is 19.7 Å². The lowest BCUT2D eigenvalue weighted by Gasteiger charge is -2.24. The molecule has 3 aromatic rings. The topological polar surface area (TPSA) is 83.8 Å². The summed E-state index contributed by atoms with van der Waals surface area (Å²) in [6, 6.07) is 8.45. The highest BCUT2D eigenvalue weighted by Gasteiger charge is 2.25. The monoisotopic (exact) mass is 368 g/mol. The number of aryl methyl sites for hydroxylation is 1. The summed E-state index contributed by atoms with van der Waals surface area (Å²) in [6.45, 7) is 12.3. The van der Waals surface area contributed by atoms with Gasteiger partial charge in [0.05, 0.1) is 12.6 Å². The van der Waals surface area contributed by atoms with Gasteiger partial charge < -0.3 is 10.1 Å². The molecular formula is C21H28N4O2. The molecule has 144 valence electrons. The summed E-state index contributed by atoms with van der Waals surface area (Å²) in [6.07, 6.45) is 0. The van der Waals surface area contributed by atoms with Crippen molar-refractivity contribution in [1.29, 1.82) is 0 Å².